The maximum Gasteiger partial charge on any atom is 0.126 e. The van der Waals surface area contributed by atoms with Gasteiger partial charge in [-0.3, -0.25) is 0 Å². The molecule has 1 heterocycles. The molecule has 0 radical (unpaired) electrons. The van der Waals surface area contributed by atoms with Gasteiger partial charge in [0.15, 0.2) is 0 Å². The van der Waals surface area contributed by atoms with Gasteiger partial charge in [0.05, 0.1) is 16.2 Å². The minimum atomic E-state index is -0.974. The number of benzene rings is 1. The summed E-state index contributed by atoms with van der Waals surface area (Å²) in [4.78, 5) is 0. The predicted octanol–water partition coefficient (Wildman–Crippen LogP) is 3.90. The highest BCUT2D eigenvalue weighted by Gasteiger charge is 2.40. The summed E-state index contributed by atoms with van der Waals surface area (Å²) in [6.07, 6.45) is 3.45. The molecular weight excluding hydrogens is 304 g/mol. The first-order valence-electron chi connectivity index (χ1n) is 8.07. The molecule has 22 heavy (non-hydrogen) atoms. The van der Waals surface area contributed by atoms with Gasteiger partial charge in [-0.05, 0) is 67.2 Å². The minimum Gasteiger partial charge on any atom is -0.243 e. The topological polar surface area (TPSA) is 29.1 Å². The van der Waals surface area contributed by atoms with Gasteiger partial charge in [0, 0.05) is 6.04 Å². The van der Waals surface area contributed by atoms with Gasteiger partial charge in [-0.2, -0.15) is 0 Å². The van der Waals surface area contributed by atoms with E-state index < -0.39 is 11.0 Å². The summed E-state index contributed by atoms with van der Waals surface area (Å²) in [5.74, 6) is 0.143. The van der Waals surface area contributed by atoms with Gasteiger partial charge in [-0.15, -0.1) is 0 Å². The molecule has 0 bridgehead atoms. The SMILES string of the molecule is CC(C)C1CC2CC(c3cc(F)ccc3F)CCC2NS1=O. The summed E-state index contributed by atoms with van der Waals surface area (Å²) in [5, 5.41) is 0.150. The quantitative estimate of drug-likeness (QED) is 0.877. The summed E-state index contributed by atoms with van der Waals surface area (Å²) in [7, 11) is -0.974. The molecule has 1 saturated carbocycles. The molecule has 0 amide bonds. The number of hydrogen-bond acceptors (Lipinski definition) is 1. The molecule has 0 aromatic heterocycles. The fraction of sp³-hybridized carbons (Fsp3) is 0.647. The third-order valence-electron chi connectivity index (χ3n) is 5.20. The standard InChI is InChI=1S/C17H23F2NOS/c1-10(2)17-8-12-7-11(3-6-16(12)20-22(17)21)14-9-13(18)4-5-15(14)19/h4-5,9-12,16-17,20H,3,6-8H2,1-2H3. The molecule has 1 N–H and O–H groups in total. The Morgan fingerprint density at radius 1 is 1.23 bits per heavy atom. The van der Waals surface area contributed by atoms with E-state index in [4.69, 9.17) is 0 Å². The second-order valence-corrected chi connectivity index (χ2v) is 8.41. The van der Waals surface area contributed by atoms with Crippen molar-refractivity contribution in [1.29, 1.82) is 0 Å². The molecule has 2 nitrogen and oxygen atoms in total. The molecule has 3 rings (SSSR count). The highest BCUT2D eigenvalue weighted by atomic mass is 32.2. The summed E-state index contributed by atoms with van der Waals surface area (Å²) in [6, 6.07) is 3.99. The van der Waals surface area contributed by atoms with Crippen LogP contribution in [0.4, 0.5) is 8.78 Å². The lowest BCUT2D eigenvalue weighted by atomic mass is 9.73. The first-order chi connectivity index (χ1) is 10.5. The van der Waals surface area contributed by atoms with E-state index >= 15 is 0 Å². The van der Waals surface area contributed by atoms with Crippen molar-refractivity contribution < 1.29 is 13.0 Å². The Balaban J connectivity index is 1.77. The molecule has 2 fully saturated rings. The summed E-state index contributed by atoms with van der Waals surface area (Å²) in [5.41, 5.74) is 0.506. The fourth-order valence-corrected chi connectivity index (χ4v) is 5.63. The van der Waals surface area contributed by atoms with Crippen molar-refractivity contribution in [2.45, 2.75) is 56.7 Å². The van der Waals surface area contributed by atoms with Crippen LogP contribution in [0.15, 0.2) is 18.2 Å². The number of hydrogen-bond donors (Lipinski definition) is 1. The van der Waals surface area contributed by atoms with Gasteiger partial charge >= 0.3 is 0 Å². The van der Waals surface area contributed by atoms with Crippen molar-refractivity contribution in [3.63, 3.8) is 0 Å². The zero-order chi connectivity index (χ0) is 15.9. The van der Waals surface area contributed by atoms with Crippen LogP contribution in [0.1, 0.15) is 51.0 Å². The molecule has 1 aliphatic heterocycles. The van der Waals surface area contributed by atoms with E-state index in [2.05, 4.69) is 18.6 Å². The fourth-order valence-electron chi connectivity index (χ4n) is 3.93. The van der Waals surface area contributed by atoms with E-state index in [-0.39, 0.29) is 28.8 Å². The van der Waals surface area contributed by atoms with Crippen LogP contribution in [0.25, 0.3) is 0 Å². The van der Waals surface area contributed by atoms with Crippen molar-refractivity contribution in [2.75, 3.05) is 0 Å². The first kappa shape index (κ1) is 16.1. The van der Waals surface area contributed by atoms with Crippen molar-refractivity contribution in [2.24, 2.45) is 11.8 Å². The van der Waals surface area contributed by atoms with Gasteiger partial charge in [0.1, 0.15) is 11.6 Å². The highest BCUT2D eigenvalue weighted by molar-refractivity contribution is 7.83. The Hall–Kier alpha value is -0.810. The smallest absolute Gasteiger partial charge is 0.126 e. The molecule has 0 spiro atoms. The normalized spacial score (nSPS) is 35.4. The Kier molecular flexibility index (Phi) is 4.64. The van der Waals surface area contributed by atoms with E-state index in [0.29, 0.717) is 17.4 Å². The van der Waals surface area contributed by atoms with E-state index in [9.17, 15) is 13.0 Å². The Morgan fingerprint density at radius 3 is 2.73 bits per heavy atom. The third-order valence-corrected chi connectivity index (χ3v) is 7.02. The van der Waals surface area contributed by atoms with Crippen LogP contribution in [-0.2, 0) is 11.0 Å². The van der Waals surface area contributed by atoms with Crippen molar-refractivity contribution in [1.82, 2.24) is 4.72 Å². The average Bonchev–Trinajstić information content (AvgIpc) is 2.48. The number of fused-ring (bicyclic) bond motifs is 1. The van der Waals surface area contributed by atoms with E-state index in [1.165, 1.54) is 18.2 Å². The Morgan fingerprint density at radius 2 is 2.00 bits per heavy atom. The molecule has 122 valence electrons. The summed E-state index contributed by atoms with van der Waals surface area (Å²) >= 11 is 0. The van der Waals surface area contributed by atoms with Crippen molar-refractivity contribution >= 4 is 11.0 Å². The lowest BCUT2D eigenvalue weighted by Gasteiger charge is -2.43. The van der Waals surface area contributed by atoms with Crippen LogP contribution >= 0.6 is 0 Å². The first-order valence-corrected chi connectivity index (χ1v) is 9.28. The molecule has 5 atom stereocenters. The molecule has 5 heteroatoms. The second-order valence-electron chi connectivity index (χ2n) is 6.98. The van der Waals surface area contributed by atoms with E-state index in [0.717, 1.165) is 25.7 Å². The van der Waals surface area contributed by atoms with Crippen LogP contribution < -0.4 is 4.72 Å². The molecule has 2 aliphatic rings. The predicted molar refractivity (Wildman–Crippen MR) is 84.7 cm³/mol. The zero-order valence-electron chi connectivity index (χ0n) is 13.0. The van der Waals surface area contributed by atoms with Crippen LogP contribution in [0.5, 0.6) is 0 Å². The average molecular weight is 327 g/mol. The summed E-state index contributed by atoms with van der Waals surface area (Å²) in [6.45, 7) is 4.19. The van der Waals surface area contributed by atoms with Crippen LogP contribution in [0, 0.1) is 23.5 Å². The van der Waals surface area contributed by atoms with Gasteiger partial charge in [-0.25, -0.2) is 17.7 Å². The Bertz CT molecular complexity index is 578. The second kappa shape index (κ2) is 6.36. The van der Waals surface area contributed by atoms with Crippen LogP contribution in [0.3, 0.4) is 0 Å². The highest BCUT2D eigenvalue weighted by Crippen LogP contribution is 2.42. The van der Waals surface area contributed by atoms with Crippen LogP contribution in [0.2, 0.25) is 0 Å². The van der Waals surface area contributed by atoms with Crippen LogP contribution in [-0.4, -0.2) is 15.5 Å². The lowest BCUT2D eigenvalue weighted by Crippen LogP contribution is -2.51. The van der Waals surface area contributed by atoms with Crippen molar-refractivity contribution in [3.8, 4) is 0 Å². The molecule has 5 unspecified atom stereocenters. The number of rotatable bonds is 2. The van der Waals surface area contributed by atoms with E-state index in [1.54, 1.807) is 0 Å². The monoisotopic (exact) mass is 327 g/mol. The maximum atomic E-state index is 14.0. The van der Waals surface area contributed by atoms with Gasteiger partial charge < -0.3 is 0 Å². The van der Waals surface area contributed by atoms with E-state index in [1.807, 2.05) is 0 Å². The molecule has 1 aromatic carbocycles. The third kappa shape index (κ3) is 3.11. The number of nitrogens with one attached hydrogen (secondary N) is 1. The van der Waals surface area contributed by atoms with Gasteiger partial charge in [0.2, 0.25) is 0 Å². The lowest BCUT2D eigenvalue weighted by molar-refractivity contribution is 0.226. The molecular formula is C17H23F2NOS. The molecule has 1 aliphatic carbocycles. The molecule has 1 saturated heterocycles. The largest absolute Gasteiger partial charge is 0.243 e. The van der Waals surface area contributed by atoms with Gasteiger partial charge in [-0.1, -0.05) is 13.8 Å². The zero-order valence-corrected chi connectivity index (χ0v) is 13.8. The number of halogens is 2. The Labute approximate surface area is 133 Å². The van der Waals surface area contributed by atoms with Crippen molar-refractivity contribution in [3.05, 3.63) is 35.4 Å². The molecule has 1 aromatic rings. The maximum absolute atomic E-state index is 14.0. The summed E-state index contributed by atoms with van der Waals surface area (Å²) < 4.78 is 42.9. The minimum absolute atomic E-state index is 0.0677. The van der Waals surface area contributed by atoms with Gasteiger partial charge in [0.25, 0.3) is 0 Å².